The second-order valence-electron chi connectivity index (χ2n) is 8.91. The van der Waals surface area contributed by atoms with Crippen LogP contribution in [0.1, 0.15) is 46.6 Å². The van der Waals surface area contributed by atoms with Crippen molar-refractivity contribution >= 4 is 15.9 Å². The maximum Gasteiger partial charge on any atom is 0.262 e. The molecule has 1 amide bonds. The van der Waals surface area contributed by atoms with E-state index in [9.17, 15) is 13.2 Å². The summed E-state index contributed by atoms with van der Waals surface area (Å²) in [5.41, 5.74) is 2.50. The zero-order chi connectivity index (χ0) is 23.9. The Balaban J connectivity index is 2.50. The van der Waals surface area contributed by atoms with Crippen LogP contribution in [-0.4, -0.2) is 42.4 Å². The van der Waals surface area contributed by atoms with Gasteiger partial charge in [0.25, 0.3) is 5.91 Å². The van der Waals surface area contributed by atoms with Crippen molar-refractivity contribution in [2.45, 2.75) is 64.1 Å². The van der Waals surface area contributed by atoms with Crippen LogP contribution in [0.4, 0.5) is 0 Å². The third-order valence-electron chi connectivity index (χ3n) is 4.53. The number of nitrogens with zero attached hydrogens (tertiary/aromatic N) is 2. The molecule has 1 N–H and O–H groups in total. The highest BCUT2D eigenvalue weighted by Crippen LogP contribution is 2.26. The number of hydroxylamine groups is 1. The summed E-state index contributed by atoms with van der Waals surface area (Å²) >= 11 is 0. The van der Waals surface area contributed by atoms with E-state index >= 15 is 0 Å². The average molecular weight is 464 g/mol. The number of hydrogen-bond donors (Lipinski definition) is 1. The van der Waals surface area contributed by atoms with Crippen LogP contribution < -0.4 is 10.2 Å². The summed E-state index contributed by atoms with van der Waals surface area (Å²) in [6, 6.07) is 8.63. The third kappa shape index (κ3) is 7.29. The van der Waals surface area contributed by atoms with Crippen molar-refractivity contribution < 1.29 is 22.8 Å². The average Bonchev–Trinajstić information content (AvgIpc) is 2.74. The molecule has 2 aromatic rings. The number of carbonyl (C=O) groups excluding carboxylic acids is 1. The van der Waals surface area contributed by atoms with Gasteiger partial charge < -0.3 is 4.74 Å². The minimum absolute atomic E-state index is 0.0114. The molecule has 1 atom stereocenters. The van der Waals surface area contributed by atoms with Crippen molar-refractivity contribution in [3.63, 3.8) is 0 Å². The molecule has 2 rings (SSSR count). The number of pyridine rings is 1. The Morgan fingerprint density at radius 2 is 1.81 bits per heavy atom. The lowest BCUT2D eigenvalue weighted by molar-refractivity contribution is -0.150. The number of methoxy groups -OCH3 is 1. The monoisotopic (exact) mass is 463 g/mol. The highest BCUT2D eigenvalue weighted by molar-refractivity contribution is 7.89. The van der Waals surface area contributed by atoms with Crippen molar-refractivity contribution in [2.75, 3.05) is 7.11 Å². The van der Waals surface area contributed by atoms with Crippen LogP contribution in [0.15, 0.2) is 53.7 Å². The summed E-state index contributed by atoms with van der Waals surface area (Å²) in [7, 11) is -2.52. The van der Waals surface area contributed by atoms with E-state index in [0.29, 0.717) is 17.7 Å². The predicted molar refractivity (Wildman–Crippen MR) is 122 cm³/mol. The molecule has 1 heterocycles. The van der Waals surface area contributed by atoms with Gasteiger partial charge in [0, 0.05) is 18.9 Å². The number of hydrogen-bond acceptors (Lipinski definition) is 6. The zero-order valence-electron chi connectivity index (χ0n) is 19.5. The van der Waals surface area contributed by atoms with E-state index in [2.05, 4.69) is 10.5 Å². The van der Waals surface area contributed by atoms with Gasteiger partial charge in [-0.15, -0.1) is 0 Å². The summed E-state index contributed by atoms with van der Waals surface area (Å²) in [6.45, 7) is 9.26. The van der Waals surface area contributed by atoms with Crippen LogP contribution in [0.25, 0.3) is 0 Å². The molecule has 0 aliphatic rings. The van der Waals surface area contributed by atoms with Crippen LogP contribution in [0.3, 0.4) is 0 Å². The second kappa shape index (κ2) is 10.9. The van der Waals surface area contributed by atoms with Gasteiger partial charge in [-0.1, -0.05) is 19.9 Å². The molecule has 9 heteroatoms. The lowest BCUT2D eigenvalue weighted by Gasteiger charge is -2.32. The molecule has 0 aliphatic heterocycles. The Labute approximate surface area is 191 Å². The molecule has 0 bridgehead atoms. The van der Waals surface area contributed by atoms with Crippen molar-refractivity contribution in [2.24, 2.45) is 5.92 Å². The first-order valence-electron chi connectivity index (χ1n) is 10.5. The van der Waals surface area contributed by atoms with Crippen LogP contribution in [0.5, 0.6) is 5.75 Å². The van der Waals surface area contributed by atoms with Gasteiger partial charge in [0.15, 0.2) is 0 Å². The van der Waals surface area contributed by atoms with E-state index in [0.717, 1.165) is 0 Å². The number of amides is 1. The van der Waals surface area contributed by atoms with Gasteiger partial charge in [-0.25, -0.2) is 13.9 Å². The molecule has 0 spiro atoms. The molecule has 8 nitrogen and oxygen atoms in total. The third-order valence-corrected chi connectivity index (χ3v) is 6.40. The van der Waals surface area contributed by atoms with E-state index < -0.39 is 27.6 Å². The standard InChI is InChI=1S/C23H33N3O5S/c1-17(2)14-21(22(27)25-31-23(3,4)5)26(16-18-8-7-13-24-15-18)32(28,29)20-11-9-19(30-6)10-12-20/h7-13,15,17,21H,14,16H2,1-6H3,(H,25,27)/t21-/m1/s1. The predicted octanol–water partition coefficient (Wildman–Crippen LogP) is 3.54. The van der Waals surface area contributed by atoms with E-state index in [-0.39, 0.29) is 17.4 Å². The summed E-state index contributed by atoms with van der Waals surface area (Å²) in [4.78, 5) is 22.8. The Morgan fingerprint density at radius 1 is 1.16 bits per heavy atom. The minimum atomic E-state index is -4.03. The van der Waals surface area contributed by atoms with Gasteiger partial charge in [0.1, 0.15) is 11.8 Å². The maximum atomic E-state index is 13.7. The fraction of sp³-hybridized carbons (Fsp3) is 0.478. The topological polar surface area (TPSA) is 97.8 Å². The first-order chi connectivity index (χ1) is 14.9. The minimum Gasteiger partial charge on any atom is -0.497 e. The fourth-order valence-electron chi connectivity index (χ4n) is 2.99. The van der Waals surface area contributed by atoms with Crippen LogP contribution in [0.2, 0.25) is 0 Å². The van der Waals surface area contributed by atoms with E-state index in [4.69, 9.17) is 9.57 Å². The molecule has 0 saturated carbocycles. The number of sulfonamides is 1. The first kappa shape index (κ1) is 25.8. The van der Waals surface area contributed by atoms with Crippen molar-refractivity contribution in [3.05, 3.63) is 54.4 Å². The van der Waals surface area contributed by atoms with Crippen LogP contribution in [0, 0.1) is 5.92 Å². The number of rotatable bonds is 10. The number of carbonyl (C=O) groups is 1. The van der Waals surface area contributed by atoms with Gasteiger partial charge in [-0.05, 0) is 69.0 Å². The number of ether oxygens (including phenoxy) is 1. The first-order valence-corrected chi connectivity index (χ1v) is 11.9. The Hall–Kier alpha value is -2.49. The van der Waals surface area contributed by atoms with E-state index in [1.165, 1.54) is 23.5 Å². The summed E-state index contributed by atoms with van der Waals surface area (Å²) < 4.78 is 33.8. The molecule has 0 fully saturated rings. The Morgan fingerprint density at radius 3 is 2.31 bits per heavy atom. The molecule has 0 unspecified atom stereocenters. The van der Waals surface area contributed by atoms with Crippen LogP contribution >= 0.6 is 0 Å². The molecule has 0 saturated heterocycles. The molecular weight excluding hydrogens is 430 g/mol. The van der Waals surface area contributed by atoms with E-state index in [1.807, 2.05) is 13.8 Å². The summed E-state index contributed by atoms with van der Waals surface area (Å²) in [5, 5.41) is 0. The van der Waals surface area contributed by atoms with Gasteiger partial charge in [0.2, 0.25) is 10.0 Å². The fourth-order valence-corrected chi connectivity index (χ4v) is 4.58. The van der Waals surface area contributed by atoms with Crippen molar-refractivity contribution in [3.8, 4) is 5.75 Å². The molecule has 0 radical (unpaired) electrons. The molecule has 176 valence electrons. The van der Waals surface area contributed by atoms with Crippen molar-refractivity contribution in [1.82, 2.24) is 14.8 Å². The molecule has 1 aromatic carbocycles. The smallest absolute Gasteiger partial charge is 0.262 e. The quantitative estimate of drug-likeness (QED) is 0.541. The van der Waals surface area contributed by atoms with Gasteiger partial charge >= 0.3 is 0 Å². The SMILES string of the molecule is COc1ccc(S(=O)(=O)N(Cc2cccnc2)[C@H](CC(C)C)C(=O)NOC(C)(C)C)cc1. The largest absolute Gasteiger partial charge is 0.497 e. The normalized spacial score (nSPS) is 13.2. The summed E-state index contributed by atoms with van der Waals surface area (Å²) in [6.07, 6.45) is 3.52. The lowest BCUT2D eigenvalue weighted by atomic mass is 10.0. The highest BCUT2D eigenvalue weighted by Gasteiger charge is 2.37. The van der Waals surface area contributed by atoms with Crippen molar-refractivity contribution in [1.29, 1.82) is 0 Å². The Kier molecular flexibility index (Phi) is 8.77. The number of nitrogens with one attached hydrogen (secondary N) is 1. The van der Waals surface area contributed by atoms with Crippen LogP contribution in [-0.2, 0) is 26.2 Å². The molecule has 1 aromatic heterocycles. The highest BCUT2D eigenvalue weighted by atomic mass is 32.2. The lowest BCUT2D eigenvalue weighted by Crippen LogP contribution is -2.51. The molecule has 32 heavy (non-hydrogen) atoms. The summed E-state index contributed by atoms with van der Waals surface area (Å²) in [5.74, 6) is 0.0789. The number of benzene rings is 1. The molecular formula is C23H33N3O5S. The Bertz CT molecular complexity index is 971. The zero-order valence-corrected chi connectivity index (χ0v) is 20.3. The van der Waals surface area contributed by atoms with E-state index in [1.54, 1.807) is 57.4 Å². The number of aromatic nitrogens is 1. The molecule has 0 aliphatic carbocycles. The van der Waals surface area contributed by atoms with Gasteiger partial charge in [0.05, 0.1) is 17.6 Å². The van der Waals surface area contributed by atoms with Gasteiger partial charge in [-0.2, -0.15) is 4.31 Å². The maximum absolute atomic E-state index is 13.7. The van der Waals surface area contributed by atoms with Gasteiger partial charge in [-0.3, -0.25) is 14.6 Å². The second-order valence-corrected chi connectivity index (χ2v) is 10.8.